The molecule has 6 heteroatoms. The number of para-hydroxylation sites is 1. The van der Waals surface area contributed by atoms with Crippen LogP contribution in [-0.4, -0.2) is 49.2 Å². The highest BCUT2D eigenvalue weighted by Gasteiger charge is 2.50. The maximum Gasteiger partial charge on any atom is 0.180 e. The van der Waals surface area contributed by atoms with E-state index in [1.807, 2.05) is 64.1 Å². The van der Waals surface area contributed by atoms with Crippen molar-refractivity contribution in [2.24, 2.45) is 0 Å². The second-order valence-corrected chi connectivity index (χ2v) is 9.88. The third-order valence-corrected chi connectivity index (χ3v) is 7.15. The molecule has 31 heavy (non-hydrogen) atoms. The fourth-order valence-electron chi connectivity index (χ4n) is 5.35. The van der Waals surface area contributed by atoms with Gasteiger partial charge in [-0.05, 0) is 57.0 Å². The summed E-state index contributed by atoms with van der Waals surface area (Å²) in [6.07, 6.45) is 0. The second-order valence-electron chi connectivity index (χ2n) is 9.88. The Labute approximate surface area is 183 Å². The summed E-state index contributed by atoms with van der Waals surface area (Å²) in [5, 5.41) is 0. The Morgan fingerprint density at radius 3 is 2.42 bits per heavy atom. The molecule has 0 atom stereocenters. The number of carbonyl (C=O) groups excluding carboxylic acids is 2. The molecular weight excluding hydrogens is 390 g/mol. The first-order chi connectivity index (χ1) is 14.7. The molecule has 0 amide bonds. The van der Waals surface area contributed by atoms with E-state index in [0.29, 0.717) is 12.1 Å². The third-order valence-electron chi connectivity index (χ3n) is 7.15. The predicted molar refractivity (Wildman–Crippen MR) is 121 cm³/mol. The first kappa shape index (κ1) is 20.1. The van der Waals surface area contributed by atoms with Gasteiger partial charge in [-0.2, -0.15) is 0 Å². The van der Waals surface area contributed by atoms with Crippen LogP contribution in [0.1, 0.15) is 49.2 Å². The summed E-state index contributed by atoms with van der Waals surface area (Å²) in [4.78, 5) is 36.0. The second kappa shape index (κ2) is 6.82. The summed E-state index contributed by atoms with van der Waals surface area (Å²) in [5.41, 5.74) is 6.74. The first-order valence-corrected chi connectivity index (χ1v) is 11.0. The van der Waals surface area contributed by atoms with Crippen LogP contribution in [0.2, 0.25) is 0 Å². The van der Waals surface area contributed by atoms with Crippen molar-refractivity contribution in [2.45, 2.75) is 38.5 Å². The lowest BCUT2D eigenvalue weighted by atomic mass is 9.80. The van der Waals surface area contributed by atoms with Crippen LogP contribution >= 0.6 is 0 Å². The van der Waals surface area contributed by atoms with Crippen molar-refractivity contribution in [3.8, 4) is 5.75 Å². The van der Waals surface area contributed by atoms with E-state index in [1.54, 1.807) is 0 Å². The fourth-order valence-corrected chi connectivity index (χ4v) is 5.35. The molecule has 3 aliphatic rings. The van der Waals surface area contributed by atoms with Crippen molar-refractivity contribution >= 4 is 22.9 Å². The van der Waals surface area contributed by atoms with Crippen LogP contribution in [0.5, 0.6) is 5.75 Å². The van der Waals surface area contributed by atoms with Gasteiger partial charge in [-0.3, -0.25) is 14.5 Å². The van der Waals surface area contributed by atoms with Crippen LogP contribution < -0.4 is 15.2 Å². The maximum atomic E-state index is 13.1. The molecule has 2 bridgehead atoms. The van der Waals surface area contributed by atoms with E-state index in [4.69, 9.17) is 4.84 Å². The van der Waals surface area contributed by atoms with Gasteiger partial charge < -0.3 is 9.74 Å². The van der Waals surface area contributed by atoms with E-state index in [-0.39, 0.29) is 11.6 Å². The summed E-state index contributed by atoms with van der Waals surface area (Å²) >= 11 is 0. The van der Waals surface area contributed by atoms with Crippen LogP contribution in [0.4, 0.5) is 11.4 Å². The normalized spacial score (nSPS) is 20.9. The Hall–Kier alpha value is -2.86. The Balaban J connectivity index is 1.27. The fraction of sp³-hybridized carbons (Fsp3) is 0.440. The molecule has 0 saturated carbocycles. The SMILES string of the molecule is CC1(C)C(=O)C(C)(C)c2cc(C(=O)CN3CCN(c4c5cccc4ON5)CC3)ccc21. The number of rotatable bonds is 4. The quantitative estimate of drug-likeness (QED) is 0.765. The number of Topliss-reactive ketones (excluding diaryl/α,β-unsaturated/α-hetero) is 2. The molecule has 2 heterocycles. The number of piperazine rings is 1. The minimum atomic E-state index is -0.561. The molecule has 1 saturated heterocycles. The van der Waals surface area contributed by atoms with Crippen molar-refractivity contribution in [2.75, 3.05) is 43.1 Å². The van der Waals surface area contributed by atoms with Gasteiger partial charge in [0, 0.05) is 42.6 Å². The molecule has 6 nitrogen and oxygen atoms in total. The predicted octanol–water partition coefficient (Wildman–Crippen LogP) is 3.55. The molecule has 0 aromatic heterocycles. The minimum Gasteiger partial charge on any atom is -0.380 e. The highest BCUT2D eigenvalue weighted by atomic mass is 16.7. The molecule has 1 fully saturated rings. The Kier molecular flexibility index (Phi) is 4.42. The van der Waals surface area contributed by atoms with Gasteiger partial charge in [-0.1, -0.05) is 18.2 Å². The van der Waals surface area contributed by atoms with Gasteiger partial charge >= 0.3 is 0 Å². The van der Waals surface area contributed by atoms with Gasteiger partial charge in [0.2, 0.25) is 0 Å². The first-order valence-electron chi connectivity index (χ1n) is 11.0. The van der Waals surface area contributed by atoms with Gasteiger partial charge in [0.25, 0.3) is 0 Å². The average Bonchev–Trinajstić information content (AvgIpc) is 3.07. The molecule has 0 unspecified atom stereocenters. The highest BCUT2D eigenvalue weighted by molar-refractivity contribution is 6.04. The summed E-state index contributed by atoms with van der Waals surface area (Å²) in [5.74, 6) is 1.19. The number of nitrogens with zero attached hydrogens (tertiary/aromatic N) is 2. The summed E-state index contributed by atoms with van der Waals surface area (Å²) in [6.45, 7) is 11.6. The monoisotopic (exact) mass is 419 g/mol. The largest absolute Gasteiger partial charge is 0.380 e. The highest BCUT2D eigenvalue weighted by Crippen LogP contribution is 2.46. The van der Waals surface area contributed by atoms with Crippen LogP contribution in [0.3, 0.4) is 0 Å². The molecule has 1 N–H and O–H groups in total. The van der Waals surface area contributed by atoms with Crippen LogP contribution in [0, 0.1) is 0 Å². The molecule has 2 aromatic carbocycles. The average molecular weight is 420 g/mol. The van der Waals surface area contributed by atoms with E-state index in [2.05, 4.69) is 15.3 Å². The molecule has 162 valence electrons. The Morgan fingerprint density at radius 2 is 1.71 bits per heavy atom. The van der Waals surface area contributed by atoms with Crippen LogP contribution in [0.15, 0.2) is 36.4 Å². The van der Waals surface area contributed by atoms with Crippen molar-refractivity contribution < 1.29 is 14.4 Å². The number of ketones is 2. The van der Waals surface area contributed by atoms with Crippen LogP contribution in [0.25, 0.3) is 0 Å². The smallest absolute Gasteiger partial charge is 0.180 e. The van der Waals surface area contributed by atoms with Crippen molar-refractivity contribution in [3.05, 3.63) is 53.1 Å². The van der Waals surface area contributed by atoms with E-state index in [9.17, 15) is 9.59 Å². The van der Waals surface area contributed by atoms with Gasteiger partial charge in [0.15, 0.2) is 17.3 Å². The van der Waals surface area contributed by atoms with Gasteiger partial charge in [0.05, 0.1) is 12.2 Å². The maximum absolute atomic E-state index is 13.1. The lowest BCUT2D eigenvalue weighted by molar-refractivity contribution is -0.126. The molecular formula is C25H29N3O3. The molecule has 0 radical (unpaired) electrons. The lowest BCUT2D eigenvalue weighted by Crippen LogP contribution is -2.48. The summed E-state index contributed by atoms with van der Waals surface area (Å²) < 4.78 is 0. The molecule has 1 aliphatic carbocycles. The number of benzene rings is 2. The zero-order chi connectivity index (χ0) is 22.0. The number of carbonyl (C=O) groups is 2. The standard InChI is InChI=1S/C25H29N3O3/c1-24(2)17-9-8-16(14-18(17)25(3,4)23(24)30)20(29)15-27-10-12-28(13-11-27)22-19-6-5-7-21(22)31-26-19/h5-9,14,26H,10-13,15H2,1-4H3. The zero-order valence-electron chi connectivity index (χ0n) is 18.6. The van der Waals surface area contributed by atoms with Gasteiger partial charge in [-0.15, -0.1) is 0 Å². The van der Waals surface area contributed by atoms with E-state index < -0.39 is 10.8 Å². The number of hydrogen-bond acceptors (Lipinski definition) is 6. The molecule has 2 aliphatic heterocycles. The topological polar surface area (TPSA) is 61.9 Å². The van der Waals surface area contributed by atoms with Gasteiger partial charge in [0.1, 0.15) is 5.69 Å². The van der Waals surface area contributed by atoms with E-state index in [0.717, 1.165) is 54.4 Å². The van der Waals surface area contributed by atoms with Crippen LogP contribution in [-0.2, 0) is 15.6 Å². The number of nitrogens with one attached hydrogen (secondary N) is 1. The number of anilines is 2. The van der Waals surface area contributed by atoms with E-state index in [1.165, 1.54) is 0 Å². The Morgan fingerprint density at radius 1 is 1.00 bits per heavy atom. The van der Waals surface area contributed by atoms with Crippen molar-refractivity contribution in [3.63, 3.8) is 0 Å². The Bertz CT molecular complexity index is 1060. The zero-order valence-corrected chi connectivity index (χ0v) is 18.6. The third kappa shape index (κ3) is 3.04. The van der Waals surface area contributed by atoms with E-state index >= 15 is 0 Å². The number of fused-ring (bicyclic) bond motifs is 3. The molecule has 2 aromatic rings. The summed E-state index contributed by atoms with van der Waals surface area (Å²) in [7, 11) is 0. The lowest BCUT2D eigenvalue weighted by Gasteiger charge is -2.35. The molecule has 0 spiro atoms. The van der Waals surface area contributed by atoms with Gasteiger partial charge in [-0.25, -0.2) is 5.48 Å². The molecule has 5 rings (SSSR count). The van der Waals surface area contributed by atoms with Crippen molar-refractivity contribution in [1.29, 1.82) is 0 Å². The number of hydrogen-bond donors (Lipinski definition) is 1. The summed E-state index contributed by atoms with van der Waals surface area (Å²) in [6, 6.07) is 11.8. The minimum absolute atomic E-state index is 0.111. The van der Waals surface area contributed by atoms with Crippen molar-refractivity contribution in [1.82, 2.24) is 4.90 Å².